The first-order valence-corrected chi connectivity index (χ1v) is 11.0. The SMILES string of the molecule is O=C(NC1CCSC1)c1cc(CN2CCC(Cc3ccccc3)CC2)on1. The van der Waals surface area contributed by atoms with Gasteiger partial charge in [-0.3, -0.25) is 9.69 Å². The summed E-state index contributed by atoms with van der Waals surface area (Å²) in [5, 5.41) is 7.02. The molecule has 2 saturated heterocycles. The van der Waals surface area contributed by atoms with Crippen LogP contribution in [0.2, 0.25) is 0 Å². The second kappa shape index (κ2) is 8.93. The van der Waals surface area contributed by atoms with Crippen LogP contribution in [-0.2, 0) is 13.0 Å². The summed E-state index contributed by atoms with van der Waals surface area (Å²) in [4.78, 5) is 14.7. The molecule has 0 bridgehead atoms. The smallest absolute Gasteiger partial charge is 0.273 e. The third-order valence-electron chi connectivity index (χ3n) is 5.51. The summed E-state index contributed by atoms with van der Waals surface area (Å²) in [5.41, 5.74) is 1.84. The van der Waals surface area contributed by atoms with Crippen LogP contribution in [0.5, 0.6) is 0 Å². The first kappa shape index (κ1) is 18.6. The Hall–Kier alpha value is -1.79. The zero-order chi connectivity index (χ0) is 18.5. The molecular weight excluding hydrogens is 358 g/mol. The van der Waals surface area contributed by atoms with E-state index in [9.17, 15) is 4.79 Å². The zero-order valence-corrected chi connectivity index (χ0v) is 16.4. The Morgan fingerprint density at radius 3 is 2.78 bits per heavy atom. The number of rotatable bonds is 6. The van der Waals surface area contributed by atoms with E-state index in [0.29, 0.717) is 5.69 Å². The van der Waals surface area contributed by atoms with Crippen LogP contribution in [0.25, 0.3) is 0 Å². The summed E-state index contributed by atoms with van der Waals surface area (Å²) in [5.74, 6) is 3.54. The molecule has 3 heterocycles. The minimum atomic E-state index is -0.112. The van der Waals surface area contributed by atoms with Gasteiger partial charge in [-0.15, -0.1) is 0 Å². The minimum Gasteiger partial charge on any atom is -0.359 e. The molecule has 1 amide bonds. The van der Waals surface area contributed by atoms with E-state index < -0.39 is 0 Å². The molecule has 2 fully saturated rings. The number of carbonyl (C=O) groups excluding carboxylic acids is 1. The lowest BCUT2D eigenvalue weighted by atomic mass is 9.90. The molecule has 2 aliphatic heterocycles. The number of likely N-dealkylation sites (tertiary alicyclic amines) is 1. The molecular formula is C21H27N3O2S. The first-order valence-electron chi connectivity index (χ1n) is 9.87. The van der Waals surface area contributed by atoms with Crippen LogP contribution in [0.15, 0.2) is 40.9 Å². The standard InChI is InChI=1S/C21H27N3O2S/c25-21(22-18-8-11-27-15-18)20-13-19(26-23-20)14-24-9-6-17(7-10-24)12-16-4-2-1-3-5-16/h1-5,13,17-18H,6-12,14-15H2,(H,22,25). The Morgan fingerprint density at radius 1 is 1.22 bits per heavy atom. The molecule has 2 aromatic rings. The van der Waals surface area contributed by atoms with Gasteiger partial charge in [-0.1, -0.05) is 35.5 Å². The number of benzene rings is 1. The first-order chi connectivity index (χ1) is 13.3. The van der Waals surface area contributed by atoms with E-state index in [1.807, 2.05) is 11.8 Å². The van der Waals surface area contributed by atoms with Crippen LogP contribution in [-0.4, -0.2) is 46.6 Å². The molecule has 27 heavy (non-hydrogen) atoms. The molecule has 1 aromatic carbocycles. The van der Waals surface area contributed by atoms with Gasteiger partial charge in [0, 0.05) is 17.9 Å². The van der Waals surface area contributed by atoms with E-state index in [1.54, 1.807) is 6.07 Å². The highest BCUT2D eigenvalue weighted by atomic mass is 32.2. The molecule has 1 N–H and O–H groups in total. The third-order valence-corrected chi connectivity index (χ3v) is 6.67. The quantitative estimate of drug-likeness (QED) is 0.826. The van der Waals surface area contributed by atoms with Crippen molar-refractivity contribution in [3.05, 3.63) is 53.4 Å². The maximum absolute atomic E-state index is 12.3. The number of amides is 1. The molecule has 0 spiro atoms. The van der Waals surface area contributed by atoms with Gasteiger partial charge >= 0.3 is 0 Å². The fourth-order valence-corrected chi connectivity index (χ4v) is 5.07. The number of thioether (sulfide) groups is 1. The molecule has 4 rings (SSSR count). The molecule has 1 unspecified atom stereocenters. The van der Waals surface area contributed by atoms with E-state index >= 15 is 0 Å². The van der Waals surface area contributed by atoms with Gasteiger partial charge in [0.05, 0.1) is 6.54 Å². The molecule has 144 valence electrons. The second-order valence-corrected chi connectivity index (χ2v) is 8.77. The number of aromatic nitrogens is 1. The van der Waals surface area contributed by atoms with E-state index in [2.05, 4.69) is 45.7 Å². The number of nitrogens with one attached hydrogen (secondary N) is 1. The number of nitrogens with zero attached hydrogens (tertiary/aromatic N) is 2. The van der Waals surface area contributed by atoms with Gasteiger partial charge in [-0.2, -0.15) is 11.8 Å². The monoisotopic (exact) mass is 385 g/mol. The van der Waals surface area contributed by atoms with Crippen molar-refractivity contribution in [2.24, 2.45) is 5.92 Å². The van der Waals surface area contributed by atoms with E-state index in [0.717, 1.165) is 49.2 Å². The average molecular weight is 386 g/mol. The summed E-state index contributed by atoms with van der Waals surface area (Å²) in [6, 6.07) is 12.8. The number of hydrogen-bond acceptors (Lipinski definition) is 5. The second-order valence-electron chi connectivity index (χ2n) is 7.62. The predicted octanol–water partition coefficient (Wildman–Crippen LogP) is 3.36. The Bertz CT molecular complexity index is 735. The Morgan fingerprint density at radius 2 is 2.04 bits per heavy atom. The highest BCUT2D eigenvalue weighted by Crippen LogP contribution is 2.23. The highest BCUT2D eigenvalue weighted by Gasteiger charge is 2.23. The largest absolute Gasteiger partial charge is 0.359 e. The van der Waals surface area contributed by atoms with Gasteiger partial charge in [0.2, 0.25) is 0 Å². The van der Waals surface area contributed by atoms with Crippen LogP contribution < -0.4 is 5.32 Å². The van der Waals surface area contributed by atoms with Gasteiger partial charge in [-0.05, 0) is 56.0 Å². The molecule has 1 aromatic heterocycles. The van der Waals surface area contributed by atoms with Gasteiger partial charge in [0.1, 0.15) is 0 Å². The predicted molar refractivity (Wildman–Crippen MR) is 108 cm³/mol. The average Bonchev–Trinajstić information content (AvgIpc) is 3.36. The van der Waals surface area contributed by atoms with Crippen LogP contribution in [0.4, 0.5) is 0 Å². The van der Waals surface area contributed by atoms with Gasteiger partial charge in [0.25, 0.3) is 5.91 Å². The van der Waals surface area contributed by atoms with Gasteiger partial charge < -0.3 is 9.84 Å². The number of piperidine rings is 1. The van der Waals surface area contributed by atoms with E-state index in [-0.39, 0.29) is 11.9 Å². The number of carbonyl (C=O) groups is 1. The Labute approximate surface area is 164 Å². The summed E-state index contributed by atoms with van der Waals surface area (Å²) >= 11 is 1.88. The zero-order valence-electron chi connectivity index (χ0n) is 15.6. The lowest BCUT2D eigenvalue weighted by Gasteiger charge is -2.31. The summed E-state index contributed by atoms with van der Waals surface area (Å²) in [6.07, 6.45) is 4.62. The van der Waals surface area contributed by atoms with Crippen LogP contribution in [0, 0.1) is 5.92 Å². The minimum absolute atomic E-state index is 0.112. The lowest BCUT2D eigenvalue weighted by Crippen LogP contribution is -2.34. The van der Waals surface area contributed by atoms with Crippen LogP contribution in [0.1, 0.15) is 41.1 Å². The van der Waals surface area contributed by atoms with E-state index in [1.165, 1.54) is 24.8 Å². The van der Waals surface area contributed by atoms with Gasteiger partial charge in [-0.25, -0.2) is 0 Å². The molecule has 5 nitrogen and oxygen atoms in total. The maximum Gasteiger partial charge on any atom is 0.273 e. The van der Waals surface area contributed by atoms with Crippen molar-refractivity contribution in [2.75, 3.05) is 24.6 Å². The van der Waals surface area contributed by atoms with Crippen molar-refractivity contribution < 1.29 is 9.32 Å². The third kappa shape index (κ3) is 5.14. The van der Waals surface area contributed by atoms with Gasteiger partial charge in [0.15, 0.2) is 11.5 Å². The normalized spacial score (nSPS) is 21.4. The van der Waals surface area contributed by atoms with Crippen molar-refractivity contribution in [2.45, 2.75) is 38.3 Å². The molecule has 6 heteroatoms. The highest BCUT2D eigenvalue weighted by molar-refractivity contribution is 7.99. The van der Waals surface area contributed by atoms with E-state index in [4.69, 9.17) is 4.52 Å². The van der Waals surface area contributed by atoms with Crippen molar-refractivity contribution >= 4 is 17.7 Å². The summed E-state index contributed by atoms with van der Waals surface area (Å²) < 4.78 is 5.42. The molecule has 0 saturated carbocycles. The van der Waals surface area contributed by atoms with Crippen LogP contribution >= 0.6 is 11.8 Å². The fourth-order valence-electron chi connectivity index (χ4n) is 3.92. The van der Waals surface area contributed by atoms with Crippen molar-refractivity contribution in [3.63, 3.8) is 0 Å². The van der Waals surface area contributed by atoms with Crippen LogP contribution in [0.3, 0.4) is 0 Å². The molecule has 0 radical (unpaired) electrons. The molecule has 2 aliphatic rings. The summed E-state index contributed by atoms with van der Waals surface area (Å²) in [6.45, 7) is 2.87. The van der Waals surface area contributed by atoms with Crippen molar-refractivity contribution in [1.29, 1.82) is 0 Å². The molecule has 1 atom stereocenters. The number of hydrogen-bond donors (Lipinski definition) is 1. The van der Waals surface area contributed by atoms with Crippen molar-refractivity contribution in [3.8, 4) is 0 Å². The lowest BCUT2D eigenvalue weighted by molar-refractivity contribution is 0.0931. The Balaban J connectivity index is 1.23. The van der Waals surface area contributed by atoms with Crippen molar-refractivity contribution in [1.82, 2.24) is 15.4 Å². The fraction of sp³-hybridized carbons (Fsp3) is 0.524. The maximum atomic E-state index is 12.3. The molecule has 0 aliphatic carbocycles. The summed E-state index contributed by atoms with van der Waals surface area (Å²) in [7, 11) is 0. The Kier molecular flexibility index (Phi) is 6.14. The topological polar surface area (TPSA) is 58.4 Å².